The van der Waals surface area contributed by atoms with E-state index in [-0.39, 0.29) is 36.4 Å². The number of hydrogen-bond acceptors (Lipinski definition) is 4. The topological polar surface area (TPSA) is 81.2 Å². The zero-order valence-electron chi connectivity index (χ0n) is 16.3. The molecule has 3 atom stereocenters. The third-order valence-electron chi connectivity index (χ3n) is 5.76. The molecular weight excluding hydrogens is 334 g/mol. The van der Waals surface area contributed by atoms with Gasteiger partial charge in [-0.05, 0) is 39.7 Å². The first-order chi connectivity index (χ1) is 12.3. The summed E-state index contributed by atoms with van der Waals surface area (Å²) in [6.07, 6.45) is 4.88. The van der Waals surface area contributed by atoms with Gasteiger partial charge in [0.05, 0.1) is 12.5 Å². The molecule has 7 nitrogen and oxygen atoms in total. The maximum absolute atomic E-state index is 12.9. The van der Waals surface area contributed by atoms with E-state index in [4.69, 9.17) is 5.11 Å². The van der Waals surface area contributed by atoms with Gasteiger partial charge < -0.3 is 14.9 Å². The molecule has 0 aliphatic carbocycles. The highest BCUT2D eigenvalue weighted by atomic mass is 16.4. The Morgan fingerprint density at radius 2 is 2.04 bits per heavy atom. The standard InChI is InChI=1S/C19H33N3O4/c1-4-6-14(2)22-12-15(11-17(22)23)19(26)21-9-5-7-16(8-10-21)20(3)13-18(24)25/h14-16H,4-13H2,1-3H3,(H,24,25). The Labute approximate surface area is 156 Å². The monoisotopic (exact) mass is 367 g/mol. The molecule has 2 aliphatic heterocycles. The largest absolute Gasteiger partial charge is 0.480 e. The zero-order valence-corrected chi connectivity index (χ0v) is 16.3. The Kier molecular flexibility index (Phi) is 7.43. The van der Waals surface area contributed by atoms with Crippen molar-refractivity contribution in [1.29, 1.82) is 0 Å². The molecule has 7 heteroatoms. The second-order valence-corrected chi connectivity index (χ2v) is 7.80. The van der Waals surface area contributed by atoms with Gasteiger partial charge in [0.15, 0.2) is 0 Å². The fourth-order valence-corrected chi connectivity index (χ4v) is 4.24. The van der Waals surface area contributed by atoms with Crippen molar-refractivity contribution in [3.63, 3.8) is 0 Å². The van der Waals surface area contributed by atoms with E-state index in [2.05, 4.69) is 13.8 Å². The number of nitrogens with zero attached hydrogens (tertiary/aromatic N) is 3. The predicted octanol–water partition coefficient (Wildman–Crippen LogP) is 1.42. The van der Waals surface area contributed by atoms with Crippen molar-refractivity contribution < 1.29 is 19.5 Å². The molecule has 2 fully saturated rings. The van der Waals surface area contributed by atoms with Crippen LogP contribution in [0.2, 0.25) is 0 Å². The van der Waals surface area contributed by atoms with Gasteiger partial charge in [-0.15, -0.1) is 0 Å². The first kappa shape index (κ1) is 20.7. The first-order valence-electron chi connectivity index (χ1n) is 9.83. The molecule has 2 aliphatic rings. The molecule has 26 heavy (non-hydrogen) atoms. The van der Waals surface area contributed by atoms with Crippen molar-refractivity contribution >= 4 is 17.8 Å². The SMILES string of the molecule is CCCC(C)N1CC(C(=O)N2CCCC(N(C)CC(=O)O)CC2)CC1=O. The lowest BCUT2D eigenvalue weighted by Crippen LogP contribution is -2.40. The van der Waals surface area contributed by atoms with Crippen molar-refractivity contribution in [2.75, 3.05) is 33.2 Å². The third-order valence-corrected chi connectivity index (χ3v) is 5.76. The lowest BCUT2D eigenvalue weighted by molar-refractivity contribution is -0.139. The van der Waals surface area contributed by atoms with E-state index in [1.807, 2.05) is 21.7 Å². The summed E-state index contributed by atoms with van der Waals surface area (Å²) in [7, 11) is 1.83. The van der Waals surface area contributed by atoms with Crippen molar-refractivity contribution in [3.8, 4) is 0 Å². The minimum atomic E-state index is -0.824. The van der Waals surface area contributed by atoms with Crippen LogP contribution in [-0.4, -0.2) is 82.9 Å². The van der Waals surface area contributed by atoms with E-state index in [9.17, 15) is 14.4 Å². The molecule has 3 unspecified atom stereocenters. The van der Waals surface area contributed by atoms with E-state index in [0.29, 0.717) is 26.1 Å². The number of aliphatic carboxylic acids is 1. The van der Waals surface area contributed by atoms with Crippen LogP contribution < -0.4 is 0 Å². The van der Waals surface area contributed by atoms with E-state index in [1.165, 1.54) is 0 Å². The van der Waals surface area contributed by atoms with Crippen molar-refractivity contribution in [3.05, 3.63) is 0 Å². The third kappa shape index (κ3) is 5.19. The second kappa shape index (κ2) is 9.35. The average molecular weight is 367 g/mol. The molecule has 0 aromatic rings. The Bertz CT molecular complexity index is 525. The van der Waals surface area contributed by atoms with Crippen molar-refractivity contribution in [2.24, 2.45) is 5.92 Å². The number of likely N-dealkylation sites (tertiary alicyclic amines) is 2. The summed E-state index contributed by atoms with van der Waals surface area (Å²) in [5.74, 6) is -0.866. The van der Waals surface area contributed by atoms with Crippen molar-refractivity contribution in [2.45, 2.75) is 64.5 Å². The molecule has 0 radical (unpaired) electrons. The summed E-state index contributed by atoms with van der Waals surface area (Å²) < 4.78 is 0. The summed E-state index contributed by atoms with van der Waals surface area (Å²) in [5.41, 5.74) is 0. The minimum absolute atomic E-state index is 0.0278. The maximum Gasteiger partial charge on any atom is 0.317 e. The smallest absolute Gasteiger partial charge is 0.317 e. The van der Waals surface area contributed by atoms with Crippen molar-refractivity contribution in [1.82, 2.24) is 14.7 Å². The Balaban J connectivity index is 1.90. The highest BCUT2D eigenvalue weighted by molar-refractivity contribution is 5.89. The predicted molar refractivity (Wildman–Crippen MR) is 98.7 cm³/mol. The maximum atomic E-state index is 12.9. The van der Waals surface area contributed by atoms with Gasteiger partial charge in [-0.2, -0.15) is 0 Å². The Morgan fingerprint density at radius 3 is 2.69 bits per heavy atom. The van der Waals surface area contributed by atoms with Gasteiger partial charge in [0, 0.05) is 38.1 Å². The van der Waals surface area contributed by atoms with E-state index < -0.39 is 5.97 Å². The first-order valence-corrected chi connectivity index (χ1v) is 9.83. The molecule has 0 aromatic heterocycles. The van der Waals surface area contributed by atoms with Crippen LogP contribution in [0.1, 0.15) is 52.4 Å². The van der Waals surface area contributed by atoms with Gasteiger partial charge in [0.1, 0.15) is 0 Å². The fraction of sp³-hybridized carbons (Fsp3) is 0.842. The number of carbonyl (C=O) groups is 3. The van der Waals surface area contributed by atoms with Crippen LogP contribution in [0.4, 0.5) is 0 Å². The van der Waals surface area contributed by atoms with Gasteiger partial charge in [-0.3, -0.25) is 19.3 Å². The van der Waals surface area contributed by atoms with Gasteiger partial charge >= 0.3 is 5.97 Å². The van der Waals surface area contributed by atoms with Crippen LogP contribution in [0.15, 0.2) is 0 Å². The summed E-state index contributed by atoms with van der Waals surface area (Å²) in [6, 6.07) is 0.388. The molecular formula is C19H33N3O4. The van der Waals surface area contributed by atoms with Crippen LogP contribution in [0, 0.1) is 5.92 Å². The Hall–Kier alpha value is -1.63. The normalized spacial score (nSPS) is 25.5. The molecule has 2 amide bonds. The van der Waals surface area contributed by atoms with Crippen LogP contribution in [-0.2, 0) is 14.4 Å². The zero-order chi connectivity index (χ0) is 19.3. The number of carboxylic acid groups (broad SMARTS) is 1. The van der Waals surface area contributed by atoms with Crippen LogP contribution in [0.5, 0.6) is 0 Å². The summed E-state index contributed by atoms with van der Waals surface area (Å²) in [6.45, 7) is 6.07. The summed E-state index contributed by atoms with van der Waals surface area (Å²) >= 11 is 0. The minimum Gasteiger partial charge on any atom is -0.480 e. The van der Waals surface area contributed by atoms with E-state index in [1.54, 1.807) is 0 Å². The Morgan fingerprint density at radius 1 is 1.31 bits per heavy atom. The molecule has 0 saturated carbocycles. The summed E-state index contributed by atoms with van der Waals surface area (Å²) in [4.78, 5) is 41.7. The van der Waals surface area contributed by atoms with Gasteiger partial charge in [-0.1, -0.05) is 13.3 Å². The lowest BCUT2D eigenvalue weighted by Gasteiger charge is -2.27. The number of carbonyl (C=O) groups excluding carboxylic acids is 2. The highest BCUT2D eigenvalue weighted by Crippen LogP contribution is 2.25. The van der Waals surface area contributed by atoms with Gasteiger partial charge in [0.2, 0.25) is 11.8 Å². The number of carboxylic acids is 1. The number of rotatable bonds is 7. The molecule has 1 N–H and O–H groups in total. The van der Waals surface area contributed by atoms with Gasteiger partial charge in [-0.25, -0.2) is 0 Å². The number of likely N-dealkylation sites (N-methyl/N-ethyl adjacent to an activating group) is 1. The van der Waals surface area contributed by atoms with Crippen LogP contribution >= 0.6 is 0 Å². The second-order valence-electron chi connectivity index (χ2n) is 7.80. The fourth-order valence-electron chi connectivity index (χ4n) is 4.24. The summed E-state index contributed by atoms with van der Waals surface area (Å²) in [5, 5.41) is 8.96. The molecule has 2 heterocycles. The lowest BCUT2D eigenvalue weighted by atomic mass is 10.1. The number of amides is 2. The highest BCUT2D eigenvalue weighted by Gasteiger charge is 2.38. The molecule has 148 valence electrons. The quantitative estimate of drug-likeness (QED) is 0.736. The van der Waals surface area contributed by atoms with Crippen LogP contribution in [0.25, 0.3) is 0 Å². The van der Waals surface area contributed by atoms with Crippen LogP contribution in [0.3, 0.4) is 0 Å². The molecule has 0 bridgehead atoms. The molecule has 0 aromatic carbocycles. The van der Waals surface area contributed by atoms with E-state index >= 15 is 0 Å². The molecule has 2 saturated heterocycles. The molecule has 2 rings (SSSR count). The molecule has 0 spiro atoms. The van der Waals surface area contributed by atoms with Gasteiger partial charge in [0.25, 0.3) is 0 Å². The average Bonchev–Trinajstić information content (AvgIpc) is 2.80. The number of hydrogen-bond donors (Lipinski definition) is 1. The van der Waals surface area contributed by atoms with E-state index in [0.717, 1.165) is 32.1 Å².